The van der Waals surface area contributed by atoms with Crippen LogP contribution >= 0.6 is 0 Å². The van der Waals surface area contributed by atoms with Crippen molar-refractivity contribution in [2.45, 2.75) is 26.1 Å². The number of nitrogens with zero attached hydrogens (tertiary/aromatic N) is 4. The maximum atomic E-state index is 12.8. The van der Waals surface area contributed by atoms with E-state index in [2.05, 4.69) is 20.3 Å². The fraction of sp³-hybridized carbons (Fsp3) is 0.444. The van der Waals surface area contributed by atoms with Crippen LogP contribution in [0.2, 0.25) is 0 Å². The van der Waals surface area contributed by atoms with Crippen molar-refractivity contribution in [1.29, 1.82) is 0 Å². The Morgan fingerprint density at radius 3 is 3.11 bits per heavy atom. The van der Waals surface area contributed by atoms with Crippen molar-refractivity contribution in [3.8, 4) is 11.5 Å². The number of aromatic amines is 1. The monoisotopic (exact) mass is 387 g/mol. The Bertz CT molecular complexity index is 946. The summed E-state index contributed by atoms with van der Waals surface area (Å²) >= 11 is 0. The number of nitrogens with one attached hydrogen (secondary N) is 1. The van der Waals surface area contributed by atoms with Crippen LogP contribution in [0.5, 0.6) is 0 Å². The predicted octanol–water partition coefficient (Wildman–Crippen LogP) is 1.59. The van der Waals surface area contributed by atoms with E-state index in [1.165, 1.54) is 0 Å². The van der Waals surface area contributed by atoms with E-state index < -0.39 is 0 Å². The number of morpholine rings is 1. The number of carbonyl (C=O) groups excluding carboxylic acids is 1. The summed E-state index contributed by atoms with van der Waals surface area (Å²) in [6.45, 7) is 3.50. The number of methoxy groups -OCH3 is 1. The van der Waals surface area contributed by atoms with Crippen molar-refractivity contribution in [1.82, 2.24) is 25.2 Å². The molecule has 1 N–H and O–H groups in total. The molecule has 0 saturated carbocycles. The number of hydrogen-bond donors (Lipinski definition) is 1. The molecule has 3 aromatic rings. The molecule has 1 saturated heterocycles. The second-order valence-electron chi connectivity index (χ2n) is 6.56. The summed E-state index contributed by atoms with van der Waals surface area (Å²) in [5.74, 6) is 2.22. The van der Waals surface area contributed by atoms with Gasteiger partial charge >= 0.3 is 0 Å². The smallest absolute Gasteiger partial charge is 0.274 e. The van der Waals surface area contributed by atoms with Crippen LogP contribution < -0.4 is 0 Å². The summed E-state index contributed by atoms with van der Waals surface area (Å²) in [7, 11) is 1.57. The molecule has 0 aliphatic carbocycles. The molecule has 0 radical (unpaired) electrons. The number of aromatic nitrogens is 4. The van der Waals surface area contributed by atoms with Gasteiger partial charge in [-0.05, 0) is 19.1 Å². The van der Waals surface area contributed by atoms with Crippen molar-refractivity contribution in [3.63, 3.8) is 0 Å². The molecular weight excluding hydrogens is 366 g/mol. The van der Waals surface area contributed by atoms with E-state index in [-0.39, 0.29) is 18.6 Å². The molecule has 0 unspecified atom stereocenters. The summed E-state index contributed by atoms with van der Waals surface area (Å²) in [6.07, 6.45) is 0.206. The Labute approximate surface area is 160 Å². The molecule has 1 amide bonds. The fourth-order valence-electron chi connectivity index (χ4n) is 3.08. The minimum absolute atomic E-state index is 0.162. The molecule has 0 spiro atoms. The first kappa shape index (κ1) is 18.4. The second-order valence-corrected chi connectivity index (χ2v) is 6.56. The van der Waals surface area contributed by atoms with Crippen LogP contribution in [0, 0.1) is 6.92 Å². The van der Waals surface area contributed by atoms with Gasteiger partial charge in [0.2, 0.25) is 5.89 Å². The normalized spacial score (nSPS) is 17.2. The minimum atomic E-state index is -0.223. The van der Waals surface area contributed by atoms with Gasteiger partial charge in [0.15, 0.2) is 17.3 Å². The van der Waals surface area contributed by atoms with E-state index in [0.717, 1.165) is 5.76 Å². The van der Waals surface area contributed by atoms with Gasteiger partial charge in [-0.25, -0.2) is 0 Å². The predicted molar refractivity (Wildman–Crippen MR) is 95.4 cm³/mol. The highest BCUT2D eigenvalue weighted by Crippen LogP contribution is 2.21. The number of carbonyl (C=O) groups is 1. The number of hydrogen-bond acceptors (Lipinski definition) is 8. The maximum Gasteiger partial charge on any atom is 0.274 e. The molecule has 3 aromatic heterocycles. The maximum absolute atomic E-state index is 12.8. The SMILES string of the molecule is COCc1noc(C[C@@H]2CN(C(=O)c3cc(-c4ccc(C)o4)[nH]n3)CCO2)n1. The first-order valence-corrected chi connectivity index (χ1v) is 8.96. The Morgan fingerprint density at radius 2 is 2.32 bits per heavy atom. The molecular formula is C18H21N5O5. The summed E-state index contributed by atoms with van der Waals surface area (Å²) in [5, 5.41) is 10.8. The van der Waals surface area contributed by atoms with Crippen molar-refractivity contribution in [2.75, 3.05) is 26.8 Å². The number of amides is 1. The molecule has 0 aromatic carbocycles. The van der Waals surface area contributed by atoms with Gasteiger partial charge in [0.1, 0.15) is 18.1 Å². The van der Waals surface area contributed by atoms with Crippen LogP contribution in [0.3, 0.4) is 0 Å². The highest BCUT2D eigenvalue weighted by molar-refractivity contribution is 5.93. The van der Waals surface area contributed by atoms with Crippen LogP contribution in [0.1, 0.15) is 28.0 Å². The lowest BCUT2D eigenvalue weighted by Crippen LogP contribution is -2.46. The summed E-state index contributed by atoms with van der Waals surface area (Å²) < 4.78 is 21.5. The zero-order valence-corrected chi connectivity index (χ0v) is 15.7. The van der Waals surface area contributed by atoms with Crippen molar-refractivity contribution < 1.29 is 23.2 Å². The van der Waals surface area contributed by atoms with Crippen LogP contribution in [-0.4, -0.2) is 64.1 Å². The molecule has 10 nitrogen and oxygen atoms in total. The van der Waals surface area contributed by atoms with E-state index in [0.29, 0.717) is 55.0 Å². The second kappa shape index (κ2) is 7.95. The van der Waals surface area contributed by atoms with E-state index in [1.807, 2.05) is 19.1 Å². The van der Waals surface area contributed by atoms with Crippen LogP contribution in [-0.2, 0) is 22.5 Å². The topological polar surface area (TPSA) is 120 Å². The third-order valence-electron chi connectivity index (χ3n) is 4.41. The molecule has 1 atom stereocenters. The lowest BCUT2D eigenvalue weighted by atomic mass is 10.2. The van der Waals surface area contributed by atoms with E-state index >= 15 is 0 Å². The quantitative estimate of drug-likeness (QED) is 0.677. The molecule has 0 bridgehead atoms. The van der Waals surface area contributed by atoms with E-state index in [9.17, 15) is 4.79 Å². The van der Waals surface area contributed by atoms with Crippen molar-refractivity contribution >= 4 is 5.91 Å². The van der Waals surface area contributed by atoms with Gasteiger partial charge in [-0.1, -0.05) is 5.16 Å². The molecule has 4 heterocycles. The Hall–Kier alpha value is -2.98. The molecule has 1 aliphatic heterocycles. The van der Waals surface area contributed by atoms with E-state index in [1.54, 1.807) is 18.1 Å². The standard InChI is InChI=1S/C18H21N5O5/c1-11-3-4-15(27-11)13-8-14(21-20-13)18(24)23-5-6-26-12(9-23)7-17-19-16(10-25-2)22-28-17/h3-4,8,12H,5-7,9-10H2,1-2H3,(H,20,21)/t12-/m1/s1. The third-order valence-corrected chi connectivity index (χ3v) is 4.41. The number of ether oxygens (including phenoxy) is 2. The number of rotatable bonds is 6. The van der Waals surface area contributed by atoms with Gasteiger partial charge in [-0.3, -0.25) is 9.89 Å². The lowest BCUT2D eigenvalue weighted by molar-refractivity contribution is -0.0239. The number of aryl methyl sites for hydroxylation is 1. The largest absolute Gasteiger partial charge is 0.460 e. The number of H-pyrrole nitrogens is 1. The van der Waals surface area contributed by atoms with Gasteiger partial charge < -0.3 is 23.3 Å². The molecule has 28 heavy (non-hydrogen) atoms. The van der Waals surface area contributed by atoms with Gasteiger partial charge in [0, 0.05) is 26.3 Å². The van der Waals surface area contributed by atoms with Crippen LogP contribution in [0.4, 0.5) is 0 Å². The summed E-state index contributed by atoms with van der Waals surface area (Å²) in [6, 6.07) is 5.39. The Morgan fingerprint density at radius 1 is 1.43 bits per heavy atom. The highest BCUT2D eigenvalue weighted by Gasteiger charge is 2.28. The van der Waals surface area contributed by atoms with Gasteiger partial charge in [0.25, 0.3) is 5.91 Å². The van der Waals surface area contributed by atoms with Crippen molar-refractivity contribution in [2.24, 2.45) is 0 Å². The number of furan rings is 1. The Balaban J connectivity index is 1.39. The lowest BCUT2D eigenvalue weighted by Gasteiger charge is -2.31. The first-order valence-electron chi connectivity index (χ1n) is 8.96. The van der Waals surface area contributed by atoms with Crippen LogP contribution in [0.25, 0.3) is 11.5 Å². The highest BCUT2D eigenvalue weighted by atomic mass is 16.5. The van der Waals surface area contributed by atoms with Crippen LogP contribution in [0.15, 0.2) is 27.1 Å². The first-order chi connectivity index (χ1) is 13.6. The average molecular weight is 387 g/mol. The van der Waals surface area contributed by atoms with Crippen molar-refractivity contribution in [3.05, 3.63) is 41.4 Å². The molecule has 148 valence electrons. The molecule has 1 fully saturated rings. The molecule has 4 rings (SSSR count). The third kappa shape index (κ3) is 3.97. The van der Waals surface area contributed by atoms with Gasteiger partial charge in [-0.15, -0.1) is 0 Å². The summed E-state index contributed by atoms with van der Waals surface area (Å²) in [5.41, 5.74) is 1.00. The molecule has 10 heteroatoms. The minimum Gasteiger partial charge on any atom is -0.460 e. The zero-order chi connectivity index (χ0) is 19.5. The average Bonchev–Trinajstić information content (AvgIpc) is 3.43. The van der Waals surface area contributed by atoms with Gasteiger partial charge in [-0.2, -0.15) is 10.1 Å². The zero-order valence-electron chi connectivity index (χ0n) is 15.7. The van der Waals surface area contributed by atoms with E-state index in [4.69, 9.17) is 18.4 Å². The van der Waals surface area contributed by atoms with Gasteiger partial charge in [0.05, 0.1) is 19.1 Å². The Kier molecular flexibility index (Phi) is 5.22. The molecule has 1 aliphatic rings. The fourth-order valence-corrected chi connectivity index (χ4v) is 3.08. The summed E-state index contributed by atoms with van der Waals surface area (Å²) in [4.78, 5) is 18.8.